The monoisotopic (exact) mass is 417 g/mol. The number of fused-ring (bicyclic) bond motifs is 1. The second-order valence-corrected chi connectivity index (χ2v) is 7.97. The van der Waals surface area contributed by atoms with Crippen LogP contribution in [0, 0.1) is 0 Å². The molecule has 0 radical (unpaired) electrons. The first-order valence-corrected chi connectivity index (χ1v) is 10.2. The summed E-state index contributed by atoms with van der Waals surface area (Å²) in [6.07, 6.45) is 0.0476. The largest absolute Gasteiger partial charge is 0.482 e. The molecule has 1 heterocycles. The van der Waals surface area contributed by atoms with Crippen LogP contribution < -0.4 is 19.7 Å². The van der Waals surface area contributed by atoms with Crippen molar-refractivity contribution in [1.82, 2.24) is 4.72 Å². The predicted molar refractivity (Wildman–Crippen MR) is 105 cm³/mol. The molecule has 0 fully saturated rings. The van der Waals surface area contributed by atoms with E-state index in [-0.39, 0.29) is 36.3 Å². The van der Waals surface area contributed by atoms with Gasteiger partial charge in [0.05, 0.1) is 10.6 Å². The molecule has 9 nitrogen and oxygen atoms in total. The highest BCUT2D eigenvalue weighted by Gasteiger charge is 2.25. The Morgan fingerprint density at radius 3 is 2.48 bits per heavy atom. The van der Waals surface area contributed by atoms with Gasteiger partial charge in [0.1, 0.15) is 5.75 Å². The Morgan fingerprint density at radius 2 is 1.79 bits per heavy atom. The van der Waals surface area contributed by atoms with Gasteiger partial charge in [-0.25, -0.2) is 13.1 Å². The third kappa shape index (κ3) is 4.91. The molecule has 3 amide bonds. The molecule has 29 heavy (non-hydrogen) atoms. The molecule has 0 aliphatic carbocycles. The van der Waals surface area contributed by atoms with E-state index in [9.17, 15) is 22.8 Å². The summed E-state index contributed by atoms with van der Waals surface area (Å²) in [5.41, 5.74) is 1.01. The van der Waals surface area contributed by atoms with Crippen molar-refractivity contribution in [3.8, 4) is 5.75 Å². The Labute approximate surface area is 167 Å². The lowest BCUT2D eigenvalue weighted by Crippen LogP contribution is -2.40. The summed E-state index contributed by atoms with van der Waals surface area (Å²) in [6, 6.07) is 12.5. The van der Waals surface area contributed by atoms with E-state index >= 15 is 0 Å². The summed E-state index contributed by atoms with van der Waals surface area (Å²) in [4.78, 5) is 36.7. The molecular weight excluding hydrogens is 398 g/mol. The van der Waals surface area contributed by atoms with Crippen LogP contribution in [0.1, 0.15) is 13.3 Å². The van der Waals surface area contributed by atoms with Gasteiger partial charge in [0.2, 0.25) is 11.8 Å². The number of carbonyl (C=O) groups is 3. The lowest BCUT2D eigenvalue weighted by atomic mass is 10.2. The normalized spacial score (nSPS) is 13.3. The average Bonchev–Trinajstić information content (AvgIpc) is 2.66. The molecule has 2 aromatic carbocycles. The van der Waals surface area contributed by atoms with E-state index in [1.54, 1.807) is 24.3 Å². The Morgan fingerprint density at radius 1 is 1.10 bits per heavy atom. The van der Waals surface area contributed by atoms with Gasteiger partial charge in [0, 0.05) is 25.6 Å². The molecule has 0 saturated carbocycles. The van der Waals surface area contributed by atoms with Gasteiger partial charge in [-0.1, -0.05) is 12.1 Å². The zero-order valence-electron chi connectivity index (χ0n) is 15.5. The SMILES string of the molecule is CC(=O)NS(=O)(=O)c1ccc(NC(=O)CCN2C(=O)COc3ccccc32)cc1. The number of nitrogens with one attached hydrogen (secondary N) is 2. The van der Waals surface area contributed by atoms with E-state index in [1.807, 2.05) is 4.72 Å². The molecule has 1 aliphatic heterocycles. The molecule has 0 spiro atoms. The van der Waals surface area contributed by atoms with Crippen molar-refractivity contribution in [2.24, 2.45) is 0 Å². The van der Waals surface area contributed by atoms with E-state index < -0.39 is 15.9 Å². The molecule has 0 unspecified atom stereocenters. The summed E-state index contributed by atoms with van der Waals surface area (Å²) in [5.74, 6) is -0.673. The zero-order chi connectivity index (χ0) is 21.0. The van der Waals surface area contributed by atoms with Crippen LogP contribution in [0.5, 0.6) is 5.75 Å². The van der Waals surface area contributed by atoms with Gasteiger partial charge in [-0.2, -0.15) is 0 Å². The number of hydrogen-bond acceptors (Lipinski definition) is 6. The number of hydrogen-bond donors (Lipinski definition) is 2. The summed E-state index contributed by atoms with van der Waals surface area (Å²) in [5, 5.41) is 2.65. The molecule has 10 heteroatoms. The van der Waals surface area contributed by atoms with Crippen LogP contribution in [0.15, 0.2) is 53.4 Å². The molecule has 152 valence electrons. The van der Waals surface area contributed by atoms with Crippen LogP contribution in [0.4, 0.5) is 11.4 Å². The molecule has 0 atom stereocenters. The van der Waals surface area contributed by atoms with Crippen molar-refractivity contribution in [3.63, 3.8) is 0 Å². The molecule has 0 aromatic heterocycles. The summed E-state index contributed by atoms with van der Waals surface area (Å²) < 4.78 is 31.1. The van der Waals surface area contributed by atoms with E-state index in [0.29, 0.717) is 17.1 Å². The highest BCUT2D eigenvalue weighted by atomic mass is 32.2. The summed E-state index contributed by atoms with van der Waals surface area (Å²) in [6.45, 7) is 1.20. The fourth-order valence-electron chi connectivity index (χ4n) is 2.80. The third-order valence-corrected chi connectivity index (χ3v) is 5.55. The summed E-state index contributed by atoms with van der Waals surface area (Å²) >= 11 is 0. The van der Waals surface area contributed by atoms with Gasteiger partial charge in [0.25, 0.3) is 15.9 Å². The number of carbonyl (C=O) groups excluding carboxylic acids is 3. The second-order valence-electron chi connectivity index (χ2n) is 6.29. The number of nitrogens with zero attached hydrogens (tertiary/aromatic N) is 1. The van der Waals surface area contributed by atoms with Crippen molar-refractivity contribution in [1.29, 1.82) is 0 Å². The molecule has 1 aliphatic rings. The van der Waals surface area contributed by atoms with E-state index in [4.69, 9.17) is 4.74 Å². The van der Waals surface area contributed by atoms with Gasteiger partial charge < -0.3 is 15.0 Å². The first kappa shape index (κ1) is 20.3. The number of anilines is 2. The smallest absolute Gasteiger partial charge is 0.265 e. The van der Waals surface area contributed by atoms with Gasteiger partial charge in [0.15, 0.2) is 6.61 Å². The maximum absolute atomic E-state index is 12.2. The number of rotatable bonds is 6. The number of benzene rings is 2. The molecule has 2 N–H and O–H groups in total. The Balaban J connectivity index is 1.60. The van der Waals surface area contributed by atoms with Gasteiger partial charge >= 0.3 is 0 Å². The number of sulfonamides is 1. The van der Waals surface area contributed by atoms with Crippen LogP contribution in [0.25, 0.3) is 0 Å². The van der Waals surface area contributed by atoms with Crippen LogP contribution in [0.2, 0.25) is 0 Å². The predicted octanol–water partition coefficient (Wildman–Crippen LogP) is 1.27. The van der Waals surface area contributed by atoms with Crippen molar-refractivity contribution >= 4 is 39.1 Å². The van der Waals surface area contributed by atoms with Crippen molar-refractivity contribution in [2.45, 2.75) is 18.2 Å². The van der Waals surface area contributed by atoms with Crippen LogP contribution >= 0.6 is 0 Å². The minimum Gasteiger partial charge on any atom is -0.482 e. The summed E-state index contributed by atoms with van der Waals surface area (Å²) in [7, 11) is -3.93. The number of amides is 3. The Hall–Kier alpha value is -3.40. The standard InChI is InChI=1S/C19H19N3O6S/c1-13(23)21-29(26,27)15-8-6-14(7-9-15)20-18(24)10-11-22-16-4-2-3-5-17(16)28-12-19(22)25/h2-9H,10-12H2,1H3,(H,20,24)(H,21,23). The van der Waals surface area contributed by atoms with Gasteiger partial charge in [-0.3, -0.25) is 14.4 Å². The van der Waals surface area contributed by atoms with E-state index in [1.165, 1.54) is 29.2 Å². The fraction of sp³-hybridized carbons (Fsp3) is 0.211. The molecular formula is C19H19N3O6S. The topological polar surface area (TPSA) is 122 Å². The maximum Gasteiger partial charge on any atom is 0.265 e. The number of para-hydroxylation sites is 2. The quantitative estimate of drug-likeness (QED) is 0.730. The van der Waals surface area contributed by atoms with Crippen molar-refractivity contribution in [2.75, 3.05) is 23.4 Å². The van der Waals surface area contributed by atoms with Crippen molar-refractivity contribution < 1.29 is 27.5 Å². The lowest BCUT2D eigenvalue weighted by molar-refractivity contribution is -0.121. The minimum absolute atomic E-state index is 0.0476. The Bertz CT molecular complexity index is 1050. The molecule has 3 rings (SSSR count). The lowest BCUT2D eigenvalue weighted by Gasteiger charge is -2.29. The fourth-order valence-corrected chi connectivity index (χ4v) is 3.79. The second kappa shape index (κ2) is 8.31. The zero-order valence-corrected chi connectivity index (χ0v) is 16.4. The van der Waals surface area contributed by atoms with Crippen LogP contribution in [-0.4, -0.2) is 39.3 Å². The van der Waals surface area contributed by atoms with E-state index in [2.05, 4.69) is 5.32 Å². The molecule has 0 bridgehead atoms. The third-order valence-electron chi connectivity index (χ3n) is 4.10. The van der Waals surface area contributed by atoms with Gasteiger partial charge in [-0.15, -0.1) is 0 Å². The highest BCUT2D eigenvalue weighted by Crippen LogP contribution is 2.31. The first-order valence-electron chi connectivity index (χ1n) is 8.72. The Kier molecular flexibility index (Phi) is 5.83. The first-order chi connectivity index (χ1) is 13.8. The minimum atomic E-state index is -3.93. The molecule has 0 saturated heterocycles. The highest BCUT2D eigenvalue weighted by molar-refractivity contribution is 7.90. The maximum atomic E-state index is 12.2. The van der Waals surface area contributed by atoms with Crippen LogP contribution in [-0.2, 0) is 24.4 Å². The van der Waals surface area contributed by atoms with Crippen LogP contribution in [0.3, 0.4) is 0 Å². The molecule has 2 aromatic rings. The van der Waals surface area contributed by atoms with E-state index in [0.717, 1.165) is 6.92 Å². The average molecular weight is 417 g/mol. The number of ether oxygens (including phenoxy) is 1. The van der Waals surface area contributed by atoms with Gasteiger partial charge in [-0.05, 0) is 36.4 Å². The van der Waals surface area contributed by atoms with Crippen molar-refractivity contribution in [3.05, 3.63) is 48.5 Å².